The summed E-state index contributed by atoms with van der Waals surface area (Å²) in [6.07, 6.45) is 0. The highest BCUT2D eigenvalue weighted by molar-refractivity contribution is 5.77. The van der Waals surface area contributed by atoms with E-state index in [4.69, 9.17) is 9.47 Å². The van der Waals surface area contributed by atoms with E-state index in [2.05, 4.69) is 15.3 Å². The fraction of sp³-hybridized carbons (Fsp3) is 0.429. The van der Waals surface area contributed by atoms with E-state index < -0.39 is 0 Å². The molecule has 0 radical (unpaired) electrons. The Hall–Kier alpha value is -1.76. The van der Waals surface area contributed by atoms with Crippen LogP contribution in [0.25, 0.3) is 10.9 Å². The number of rotatable bonds is 8. The quantitative estimate of drug-likeness (QED) is 0.694. The van der Waals surface area contributed by atoms with E-state index in [1.807, 2.05) is 18.2 Å². The SMILES string of the molecule is COCCOCCNCc1nc2ccccc2c(=O)[nH]1. The van der Waals surface area contributed by atoms with Crippen molar-refractivity contribution >= 4 is 10.9 Å². The minimum Gasteiger partial charge on any atom is -0.382 e. The fourth-order valence-corrected chi connectivity index (χ4v) is 1.81. The Morgan fingerprint density at radius 3 is 2.95 bits per heavy atom. The monoisotopic (exact) mass is 277 g/mol. The van der Waals surface area contributed by atoms with E-state index >= 15 is 0 Å². The van der Waals surface area contributed by atoms with Crippen molar-refractivity contribution in [2.24, 2.45) is 0 Å². The third-order valence-corrected chi connectivity index (χ3v) is 2.81. The summed E-state index contributed by atoms with van der Waals surface area (Å²) in [6.45, 7) is 2.98. The second kappa shape index (κ2) is 7.74. The van der Waals surface area contributed by atoms with Gasteiger partial charge in [-0.1, -0.05) is 12.1 Å². The van der Waals surface area contributed by atoms with Crippen LogP contribution in [-0.4, -0.2) is 43.4 Å². The van der Waals surface area contributed by atoms with Crippen molar-refractivity contribution in [1.29, 1.82) is 0 Å². The number of nitrogens with one attached hydrogen (secondary N) is 2. The number of hydrogen-bond donors (Lipinski definition) is 2. The molecule has 0 aliphatic rings. The topological polar surface area (TPSA) is 76.2 Å². The van der Waals surface area contributed by atoms with Gasteiger partial charge in [-0.3, -0.25) is 4.79 Å². The highest BCUT2D eigenvalue weighted by atomic mass is 16.5. The Kier molecular flexibility index (Phi) is 5.67. The van der Waals surface area contributed by atoms with Crippen LogP contribution in [0.3, 0.4) is 0 Å². The number of nitrogens with zero attached hydrogens (tertiary/aromatic N) is 1. The molecular formula is C14H19N3O3. The summed E-state index contributed by atoms with van der Waals surface area (Å²) in [5.74, 6) is 0.630. The molecule has 20 heavy (non-hydrogen) atoms. The predicted molar refractivity (Wildman–Crippen MR) is 76.8 cm³/mol. The van der Waals surface area contributed by atoms with Crippen molar-refractivity contribution in [3.05, 3.63) is 40.4 Å². The summed E-state index contributed by atoms with van der Waals surface area (Å²) in [4.78, 5) is 19.0. The lowest BCUT2D eigenvalue weighted by atomic mass is 10.2. The standard InChI is InChI=1S/C14H19N3O3/c1-19-8-9-20-7-6-15-10-13-16-12-5-3-2-4-11(12)14(18)17-13/h2-5,15H,6-10H2,1H3,(H,16,17,18). The Bertz CT molecular complexity index is 597. The third-order valence-electron chi connectivity index (χ3n) is 2.81. The van der Waals surface area contributed by atoms with Crippen LogP contribution in [-0.2, 0) is 16.0 Å². The summed E-state index contributed by atoms with van der Waals surface area (Å²) in [5, 5.41) is 3.78. The predicted octanol–water partition coefficient (Wildman–Crippen LogP) is 0.676. The Morgan fingerprint density at radius 2 is 2.10 bits per heavy atom. The fourth-order valence-electron chi connectivity index (χ4n) is 1.81. The van der Waals surface area contributed by atoms with Crippen molar-refractivity contribution < 1.29 is 9.47 Å². The lowest BCUT2D eigenvalue weighted by Crippen LogP contribution is -2.23. The third kappa shape index (κ3) is 4.12. The van der Waals surface area contributed by atoms with Crippen LogP contribution in [0.1, 0.15) is 5.82 Å². The van der Waals surface area contributed by atoms with E-state index in [0.717, 1.165) is 0 Å². The van der Waals surface area contributed by atoms with Gasteiger partial charge in [-0.15, -0.1) is 0 Å². The molecule has 0 unspecified atom stereocenters. The van der Waals surface area contributed by atoms with Crippen LogP contribution >= 0.6 is 0 Å². The molecule has 0 aliphatic heterocycles. The van der Waals surface area contributed by atoms with Gasteiger partial charge in [0.2, 0.25) is 0 Å². The average Bonchev–Trinajstić information content (AvgIpc) is 2.46. The van der Waals surface area contributed by atoms with Crippen molar-refractivity contribution in [2.75, 3.05) is 33.5 Å². The summed E-state index contributed by atoms with van der Waals surface area (Å²) in [7, 11) is 1.64. The molecule has 0 fully saturated rings. The molecule has 0 aliphatic carbocycles. The molecule has 1 aromatic carbocycles. The van der Waals surface area contributed by atoms with Crippen molar-refractivity contribution in [1.82, 2.24) is 15.3 Å². The first-order valence-electron chi connectivity index (χ1n) is 6.56. The van der Waals surface area contributed by atoms with Crippen molar-refractivity contribution in [3.8, 4) is 0 Å². The zero-order valence-electron chi connectivity index (χ0n) is 11.5. The molecule has 2 aromatic rings. The minimum atomic E-state index is -0.108. The lowest BCUT2D eigenvalue weighted by Gasteiger charge is -2.06. The van der Waals surface area contributed by atoms with Gasteiger partial charge < -0.3 is 19.8 Å². The number of para-hydroxylation sites is 1. The van der Waals surface area contributed by atoms with Crippen molar-refractivity contribution in [3.63, 3.8) is 0 Å². The van der Waals surface area contributed by atoms with Gasteiger partial charge in [0.1, 0.15) is 5.82 Å². The molecule has 0 spiro atoms. The summed E-state index contributed by atoms with van der Waals surface area (Å²) < 4.78 is 10.2. The van der Waals surface area contributed by atoms with Crippen LogP contribution in [0.4, 0.5) is 0 Å². The van der Waals surface area contributed by atoms with Gasteiger partial charge in [-0.2, -0.15) is 0 Å². The maximum absolute atomic E-state index is 11.8. The number of methoxy groups -OCH3 is 1. The largest absolute Gasteiger partial charge is 0.382 e. The minimum absolute atomic E-state index is 0.108. The van der Waals surface area contributed by atoms with Gasteiger partial charge in [0.05, 0.1) is 37.3 Å². The normalized spacial score (nSPS) is 11.1. The van der Waals surface area contributed by atoms with Gasteiger partial charge in [0, 0.05) is 13.7 Å². The molecule has 1 aromatic heterocycles. The summed E-state index contributed by atoms with van der Waals surface area (Å²) >= 11 is 0. The van der Waals surface area contributed by atoms with E-state index in [1.54, 1.807) is 13.2 Å². The average molecular weight is 277 g/mol. The molecule has 0 atom stereocenters. The Labute approximate surface area is 117 Å². The number of fused-ring (bicyclic) bond motifs is 1. The van der Waals surface area contributed by atoms with Crippen LogP contribution in [0.2, 0.25) is 0 Å². The van der Waals surface area contributed by atoms with Gasteiger partial charge in [-0.25, -0.2) is 4.98 Å². The first-order valence-corrected chi connectivity index (χ1v) is 6.56. The first kappa shape index (κ1) is 14.6. The second-order valence-electron chi connectivity index (χ2n) is 4.31. The molecular weight excluding hydrogens is 258 g/mol. The van der Waals surface area contributed by atoms with Gasteiger partial charge in [-0.05, 0) is 12.1 Å². The van der Waals surface area contributed by atoms with Gasteiger partial charge >= 0.3 is 0 Å². The number of benzene rings is 1. The number of aromatic amines is 1. The molecule has 1 heterocycles. The number of aromatic nitrogens is 2. The van der Waals surface area contributed by atoms with E-state index in [-0.39, 0.29) is 5.56 Å². The molecule has 0 saturated heterocycles. The van der Waals surface area contributed by atoms with E-state index in [0.29, 0.717) is 49.6 Å². The maximum atomic E-state index is 11.8. The molecule has 0 saturated carbocycles. The van der Waals surface area contributed by atoms with Crippen LogP contribution in [0.15, 0.2) is 29.1 Å². The Balaban J connectivity index is 1.83. The van der Waals surface area contributed by atoms with Crippen molar-refractivity contribution in [2.45, 2.75) is 6.54 Å². The van der Waals surface area contributed by atoms with Crippen LogP contribution in [0.5, 0.6) is 0 Å². The first-order chi connectivity index (χ1) is 9.81. The molecule has 2 rings (SSSR count). The highest BCUT2D eigenvalue weighted by Crippen LogP contribution is 2.05. The number of ether oxygens (including phenoxy) is 2. The molecule has 6 nitrogen and oxygen atoms in total. The zero-order valence-corrected chi connectivity index (χ0v) is 11.5. The van der Waals surface area contributed by atoms with E-state index in [1.165, 1.54) is 0 Å². The van der Waals surface area contributed by atoms with Crippen LogP contribution in [0, 0.1) is 0 Å². The molecule has 0 amide bonds. The van der Waals surface area contributed by atoms with Gasteiger partial charge in [0.15, 0.2) is 0 Å². The second-order valence-corrected chi connectivity index (χ2v) is 4.31. The molecule has 6 heteroatoms. The number of hydrogen-bond acceptors (Lipinski definition) is 5. The van der Waals surface area contributed by atoms with E-state index in [9.17, 15) is 4.79 Å². The number of H-pyrrole nitrogens is 1. The summed E-state index contributed by atoms with van der Waals surface area (Å²) in [5.41, 5.74) is 0.605. The maximum Gasteiger partial charge on any atom is 0.258 e. The highest BCUT2D eigenvalue weighted by Gasteiger charge is 2.02. The summed E-state index contributed by atoms with van der Waals surface area (Å²) in [6, 6.07) is 7.30. The van der Waals surface area contributed by atoms with Gasteiger partial charge in [0.25, 0.3) is 5.56 Å². The Morgan fingerprint density at radius 1 is 1.25 bits per heavy atom. The molecule has 108 valence electrons. The van der Waals surface area contributed by atoms with Crippen LogP contribution < -0.4 is 10.9 Å². The zero-order chi connectivity index (χ0) is 14.2. The molecule has 2 N–H and O–H groups in total. The lowest BCUT2D eigenvalue weighted by molar-refractivity contribution is 0.0718. The molecule has 0 bridgehead atoms. The smallest absolute Gasteiger partial charge is 0.258 e.